The van der Waals surface area contributed by atoms with Gasteiger partial charge in [0.05, 0.1) is 12.6 Å². The van der Waals surface area contributed by atoms with E-state index in [-0.39, 0.29) is 55.1 Å². The molecule has 3 rings (SSSR count). The van der Waals surface area contributed by atoms with Crippen LogP contribution in [0.25, 0.3) is 0 Å². The Hall–Kier alpha value is 0.362. The number of aliphatic hydroxyl groups is 1. The molecule has 1 amide bonds. The van der Waals surface area contributed by atoms with E-state index in [1.165, 1.54) is 51.4 Å². The third-order valence-electron chi connectivity index (χ3n) is 7.43. The second-order valence-corrected chi connectivity index (χ2v) is 9.95. The monoisotopic (exact) mass is 660 g/mol. The van der Waals surface area contributed by atoms with Gasteiger partial charge in [0, 0.05) is 49.3 Å². The Labute approximate surface area is 213 Å². The van der Waals surface area contributed by atoms with Gasteiger partial charge >= 0.3 is 0 Å². The van der Waals surface area contributed by atoms with Crippen molar-refractivity contribution in [2.75, 3.05) is 13.1 Å². The molecule has 0 radical (unpaired) electrons. The van der Waals surface area contributed by atoms with Gasteiger partial charge in [0.15, 0.2) is 0 Å². The maximum absolute atomic E-state index is 12.7. The Bertz CT molecular complexity index is 532. The molecular weight excluding hydrogens is 616 g/mol. The standard InChI is InChI=1S/C24H44N3O3.U/c1-3-4-5-6-7-11-19-16-24(19,2)26-23(29)21-14-10-15-27(21)22(28)17-25-18-30-20-12-8-9-13-20;/h18-21,23,25-26,29H,3-17H2,1-2H3;/q-1;/t19-,21+,23?,24-;/m1./s1. The molecule has 2 saturated carbocycles. The van der Waals surface area contributed by atoms with Gasteiger partial charge in [-0.15, -0.1) is 0 Å². The third-order valence-corrected chi connectivity index (χ3v) is 7.43. The fourth-order valence-electron chi connectivity index (χ4n) is 5.31. The number of hydrogen-bond acceptors (Lipinski definition) is 5. The van der Waals surface area contributed by atoms with Crippen LogP contribution in [0.1, 0.15) is 97.3 Å². The molecule has 1 unspecified atom stereocenters. The van der Waals surface area contributed by atoms with Gasteiger partial charge in [-0.1, -0.05) is 51.9 Å². The number of amides is 1. The molecule has 0 aromatic carbocycles. The van der Waals surface area contributed by atoms with Crippen molar-refractivity contribution >= 4 is 5.91 Å². The number of aliphatic hydroxyl groups excluding tert-OH is 1. The molecule has 0 aromatic rings. The summed E-state index contributed by atoms with van der Waals surface area (Å²) in [6, 6.07) is -0.127. The molecule has 3 fully saturated rings. The first kappa shape index (κ1) is 27.6. The van der Waals surface area contributed by atoms with E-state index in [0.717, 1.165) is 38.6 Å². The molecule has 31 heavy (non-hydrogen) atoms. The summed E-state index contributed by atoms with van der Waals surface area (Å²) in [5.41, 5.74) is 0.0304. The van der Waals surface area contributed by atoms with Crippen LogP contribution in [0, 0.1) is 43.8 Å². The molecule has 3 N–H and O–H groups in total. The minimum atomic E-state index is -0.648. The second kappa shape index (κ2) is 13.9. The number of carbonyl (C=O) groups excluding carboxylic acids is 1. The van der Waals surface area contributed by atoms with E-state index in [9.17, 15) is 9.90 Å². The van der Waals surface area contributed by atoms with E-state index in [1.54, 1.807) is 6.73 Å². The molecule has 0 aromatic heterocycles. The maximum Gasteiger partial charge on any atom is 0.234 e. The first-order chi connectivity index (χ1) is 14.5. The molecule has 3 aliphatic rings. The van der Waals surface area contributed by atoms with Crippen LogP contribution in [0.3, 0.4) is 0 Å². The van der Waals surface area contributed by atoms with Crippen molar-refractivity contribution in [2.24, 2.45) is 5.92 Å². The molecule has 0 spiro atoms. The van der Waals surface area contributed by atoms with E-state index < -0.39 is 6.23 Å². The van der Waals surface area contributed by atoms with E-state index >= 15 is 0 Å². The van der Waals surface area contributed by atoms with Gasteiger partial charge < -0.3 is 20.1 Å². The van der Waals surface area contributed by atoms with Crippen molar-refractivity contribution in [2.45, 2.75) is 121 Å². The number of carbonyl (C=O) groups is 1. The molecule has 2 aliphatic carbocycles. The number of hydrogen-bond donors (Lipinski definition) is 3. The van der Waals surface area contributed by atoms with Gasteiger partial charge in [0.25, 0.3) is 0 Å². The number of nitrogens with zero attached hydrogens (tertiary/aromatic N) is 1. The van der Waals surface area contributed by atoms with Gasteiger partial charge in [0.2, 0.25) is 5.91 Å². The quantitative estimate of drug-likeness (QED) is 0.151. The van der Waals surface area contributed by atoms with E-state index in [1.807, 2.05) is 4.90 Å². The van der Waals surface area contributed by atoms with Crippen LogP contribution in [-0.4, -0.2) is 52.9 Å². The van der Waals surface area contributed by atoms with Crippen LogP contribution < -0.4 is 10.6 Å². The number of likely N-dealkylation sites (tertiary alicyclic amines) is 1. The predicted molar refractivity (Wildman–Crippen MR) is 119 cm³/mol. The summed E-state index contributed by atoms with van der Waals surface area (Å²) in [7, 11) is 0. The van der Waals surface area contributed by atoms with Gasteiger partial charge in [-0.2, -0.15) is 6.73 Å². The summed E-state index contributed by atoms with van der Waals surface area (Å²) < 4.78 is 5.66. The van der Waals surface area contributed by atoms with Crippen molar-refractivity contribution in [3.05, 3.63) is 6.73 Å². The van der Waals surface area contributed by atoms with Crippen molar-refractivity contribution in [1.82, 2.24) is 15.5 Å². The number of ether oxygens (including phenoxy) is 1. The molecule has 7 heteroatoms. The van der Waals surface area contributed by atoms with Crippen molar-refractivity contribution < 1.29 is 45.8 Å². The molecule has 0 bridgehead atoms. The first-order valence-corrected chi connectivity index (χ1v) is 12.5. The van der Waals surface area contributed by atoms with E-state index in [0.29, 0.717) is 12.0 Å². The summed E-state index contributed by atoms with van der Waals surface area (Å²) in [6.07, 6.45) is 15.1. The Morgan fingerprint density at radius 1 is 1.19 bits per heavy atom. The van der Waals surface area contributed by atoms with E-state index in [2.05, 4.69) is 24.5 Å². The number of nitrogens with one attached hydrogen (secondary N) is 2. The number of rotatable bonds is 14. The molecular formula is C24H44N3O3U-. The van der Waals surface area contributed by atoms with Crippen molar-refractivity contribution in [1.29, 1.82) is 0 Å². The Balaban J connectivity index is 0.00000341. The first-order valence-electron chi connectivity index (χ1n) is 12.5. The molecule has 6 nitrogen and oxygen atoms in total. The smallest absolute Gasteiger partial charge is 0.234 e. The largest absolute Gasteiger partial charge is 0.535 e. The zero-order valence-corrected chi connectivity index (χ0v) is 23.9. The maximum atomic E-state index is 12.7. The van der Waals surface area contributed by atoms with Crippen LogP contribution in [0.4, 0.5) is 0 Å². The zero-order chi connectivity index (χ0) is 21.4. The normalized spacial score (nSPS) is 29.2. The van der Waals surface area contributed by atoms with Gasteiger partial charge in [0.1, 0.15) is 6.23 Å². The molecule has 1 aliphatic heterocycles. The summed E-state index contributed by atoms with van der Waals surface area (Å²) in [4.78, 5) is 14.5. The topological polar surface area (TPSA) is 73.8 Å². The molecule has 178 valence electrons. The zero-order valence-electron chi connectivity index (χ0n) is 19.7. The fourth-order valence-corrected chi connectivity index (χ4v) is 5.31. The van der Waals surface area contributed by atoms with Crippen molar-refractivity contribution in [3.8, 4) is 0 Å². The summed E-state index contributed by atoms with van der Waals surface area (Å²) in [6.45, 7) is 7.02. The van der Waals surface area contributed by atoms with Crippen LogP contribution in [0.2, 0.25) is 0 Å². The Kier molecular flexibility index (Phi) is 12.4. The predicted octanol–water partition coefficient (Wildman–Crippen LogP) is 3.69. The fraction of sp³-hybridized carbons (Fsp3) is 0.917. The number of unbranched alkanes of at least 4 members (excludes halogenated alkanes) is 4. The van der Waals surface area contributed by atoms with Crippen molar-refractivity contribution in [3.63, 3.8) is 0 Å². The Morgan fingerprint density at radius 3 is 2.68 bits per heavy atom. The summed E-state index contributed by atoms with van der Waals surface area (Å²) in [5.74, 6) is 0.696. The minimum Gasteiger partial charge on any atom is -0.535 e. The third kappa shape index (κ3) is 8.58. The average Bonchev–Trinajstić information content (AvgIpc) is 3.17. The van der Waals surface area contributed by atoms with Crippen LogP contribution in [0.15, 0.2) is 0 Å². The molecule has 1 heterocycles. The molecule has 1 saturated heterocycles. The van der Waals surface area contributed by atoms with Gasteiger partial charge in [-0.05, 0) is 51.4 Å². The van der Waals surface area contributed by atoms with Crippen LogP contribution >= 0.6 is 0 Å². The minimum absolute atomic E-state index is 0. The second-order valence-electron chi connectivity index (χ2n) is 9.95. The SMILES string of the molecule is CCCCCCC[C@@H]1C[C@@]1(C)NC(O)[C@@H]1CCCN1C(=O)CN[CH-]OC1CCCC1.[U]. The van der Waals surface area contributed by atoms with Gasteiger partial charge in [-0.25, -0.2) is 0 Å². The van der Waals surface area contributed by atoms with Crippen LogP contribution in [-0.2, 0) is 9.53 Å². The average molecular weight is 661 g/mol. The summed E-state index contributed by atoms with van der Waals surface area (Å²) >= 11 is 0. The summed E-state index contributed by atoms with van der Waals surface area (Å²) in [5, 5.41) is 17.3. The van der Waals surface area contributed by atoms with Gasteiger partial charge in [-0.3, -0.25) is 10.1 Å². The Morgan fingerprint density at radius 2 is 1.94 bits per heavy atom. The van der Waals surface area contributed by atoms with Crippen LogP contribution in [0.5, 0.6) is 0 Å². The van der Waals surface area contributed by atoms with E-state index in [4.69, 9.17) is 4.74 Å². The molecule has 4 atom stereocenters.